The molecule has 7 nitrogen and oxygen atoms in total. The Morgan fingerprint density at radius 1 is 1.27 bits per heavy atom. The van der Waals surface area contributed by atoms with Crippen LogP contribution in [0.15, 0.2) is 24.3 Å². The minimum absolute atomic E-state index is 0.121. The van der Waals surface area contributed by atoms with Crippen LogP contribution in [0.1, 0.15) is 31.7 Å². The molecule has 1 amide bonds. The van der Waals surface area contributed by atoms with E-state index in [1.54, 1.807) is 6.92 Å². The fourth-order valence-corrected chi connectivity index (χ4v) is 3.54. The number of likely N-dealkylation sites (N-methyl/N-ethyl adjacent to an activating group) is 1. The van der Waals surface area contributed by atoms with E-state index in [1.165, 1.54) is 4.68 Å². The molecule has 1 N–H and O–H groups in total. The van der Waals surface area contributed by atoms with Gasteiger partial charge in [-0.25, -0.2) is 13.8 Å². The molecule has 2 aromatic heterocycles. The fraction of sp³-hybridized carbons (Fsp3) is 0.450. The number of amides is 1. The summed E-state index contributed by atoms with van der Waals surface area (Å²) in [4.78, 5) is 19.5. The molecule has 0 aliphatic carbocycles. The molecule has 0 fully saturated rings. The van der Waals surface area contributed by atoms with Crippen molar-refractivity contribution in [3.8, 4) is 0 Å². The van der Waals surface area contributed by atoms with Crippen LogP contribution in [-0.2, 0) is 17.9 Å². The van der Waals surface area contributed by atoms with Gasteiger partial charge in [0.1, 0.15) is 12.2 Å². The Kier molecular flexibility index (Phi) is 7.04. The number of alkyl halides is 2. The smallest absolute Gasteiger partial charge is 0.283 e. The quantitative estimate of drug-likeness (QED) is 0.546. The van der Waals surface area contributed by atoms with Crippen LogP contribution in [0.25, 0.3) is 11.0 Å². The van der Waals surface area contributed by atoms with Gasteiger partial charge in [0, 0.05) is 13.1 Å². The molecule has 0 aliphatic heterocycles. The van der Waals surface area contributed by atoms with Crippen molar-refractivity contribution < 1.29 is 13.6 Å². The van der Waals surface area contributed by atoms with Crippen molar-refractivity contribution in [3.63, 3.8) is 0 Å². The molecule has 0 unspecified atom stereocenters. The molecular weight excluding hydrogens is 414 g/mol. The van der Waals surface area contributed by atoms with Crippen LogP contribution in [0.2, 0.25) is 5.02 Å². The summed E-state index contributed by atoms with van der Waals surface area (Å²) >= 11 is 5.91. The van der Waals surface area contributed by atoms with Crippen LogP contribution in [-0.4, -0.2) is 49.8 Å². The highest BCUT2D eigenvalue weighted by atomic mass is 35.5. The number of hydrogen-bond acceptors (Lipinski definition) is 4. The van der Waals surface area contributed by atoms with Gasteiger partial charge in [0.05, 0.1) is 21.7 Å². The molecule has 0 spiro atoms. The Labute approximate surface area is 178 Å². The number of imidazole rings is 1. The average molecular weight is 439 g/mol. The SMILES string of the molecule is CCN(CC)CCn1c(NC(=O)Cn2nc(C(F)F)c(Cl)c2C)nc2ccccc21. The molecule has 3 rings (SSSR count). The zero-order valence-corrected chi connectivity index (χ0v) is 18.0. The normalized spacial score (nSPS) is 11.7. The lowest BCUT2D eigenvalue weighted by Crippen LogP contribution is -2.28. The van der Waals surface area contributed by atoms with Crippen LogP contribution in [0.5, 0.6) is 0 Å². The van der Waals surface area contributed by atoms with Crippen LogP contribution >= 0.6 is 11.6 Å². The Morgan fingerprint density at radius 2 is 1.97 bits per heavy atom. The Balaban J connectivity index is 1.82. The highest BCUT2D eigenvalue weighted by Gasteiger charge is 2.22. The summed E-state index contributed by atoms with van der Waals surface area (Å²) in [6.45, 7) is 8.83. The van der Waals surface area contributed by atoms with E-state index in [4.69, 9.17) is 11.6 Å². The number of fused-ring (bicyclic) bond motifs is 1. The van der Waals surface area contributed by atoms with Crippen LogP contribution in [0.3, 0.4) is 0 Å². The molecule has 2 heterocycles. The number of nitrogens with zero attached hydrogens (tertiary/aromatic N) is 5. The summed E-state index contributed by atoms with van der Waals surface area (Å²) in [5, 5.41) is 6.45. The monoisotopic (exact) mass is 438 g/mol. The topological polar surface area (TPSA) is 68.0 Å². The number of para-hydroxylation sites is 2. The standard InChI is InChI=1S/C20H25ClF2N6O/c1-4-27(5-2)10-11-28-15-9-7-6-8-14(15)24-20(28)25-16(30)12-29-13(3)17(21)18(26-29)19(22)23/h6-9,19H,4-5,10-12H2,1-3H3,(H,24,25,30). The van der Waals surface area contributed by atoms with E-state index in [0.29, 0.717) is 18.2 Å². The predicted octanol–water partition coefficient (Wildman–Crippen LogP) is 4.11. The number of nitrogens with one attached hydrogen (secondary N) is 1. The maximum Gasteiger partial charge on any atom is 0.283 e. The highest BCUT2D eigenvalue weighted by molar-refractivity contribution is 6.31. The predicted molar refractivity (Wildman–Crippen MR) is 113 cm³/mol. The third kappa shape index (κ3) is 4.62. The van der Waals surface area contributed by atoms with E-state index in [-0.39, 0.29) is 11.6 Å². The Morgan fingerprint density at radius 3 is 2.60 bits per heavy atom. The molecule has 0 atom stereocenters. The minimum Gasteiger partial charge on any atom is -0.309 e. The second-order valence-electron chi connectivity index (χ2n) is 6.89. The third-order valence-corrected chi connectivity index (χ3v) is 5.57. The maximum atomic E-state index is 13.0. The van der Waals surface area contributed by atoms with Crippen molar-refractivity contribution in [1.82, 2.24) is 24.2 Å². The zero-order valence-electron chi connectivity index (χ0n) is 17.2. The summed E-state index contributed by atoms with van der Waals surface area (Å²) in [5.41, 5.74) is 1.48. The molecular formula is C20H25ClF2N6O. The second-order valence-corrected chi connectivity index (χ2v) is 7.27. The van der Waals surface area contributed by atoms with Gasteiger partial charge in [0.2, 0.25) is 11.9 Å². The molecule has 0 aliphatic rings. The lowest BCUT2D eigenvalue weighted by Gasteiger charge is -2.19. The second kappa shape index (κ2) is 9.53. The van der Waals surface area contributed by atoms with Crippen molar-refractivity contribution in [1.29, 1.82) is 0 Å². The van der Waals surface area contributed by atoms with Gasteiger partial charge < -0.3 is 9.47 Å². The van der Waals surface area contributed by atoms with Gasteiger partial charge in [-0.2, -0.15) is 5.10 Å². The molecule has 0 bridgehead atoms. The zero-order chi connectivity index (χ0) is 21.8. The van der Waals surface area contributed by atoms with Crippen molar-refractivity contribution in [2.24, 2.45) is 0 Å². The molecule has 0 saturated heterocycles. The first-order valence-corrected chi connectivity index (χ1v) is 10.2. The summed E-state index contributed by atoms with van der Waals surface area (Å²) in [7, 11) is 0. The molecule has 30 heavy (non-hydrogen) atoms. The lowest BCUT2D eigenvalue weighted by molar-refractivity contribution is -0.117. The van der Waals surface area contributed by atoms with Crippen LogP contribution in [0.4, 0.5) is 14.7 Å². The maximum absolute atomic E-state index is 13.0. The molecule has 0 radical (unpaired) electrons. The Bertz CT molecular complexity index is 1030. The van der Waals surface area contributed by atoms with E-state index < -0.39 is 18.0 Å². The van der Waals surface area contributed by atoms with Gasteiger partial charge >= 0.3 is 0 Å². The number of aromatic nitrogens is 4. The minimum atomic E-state index is -2.80. The van der Waals surface area contributed by atoms with Gasteiger partial charge in [0.15, 0.2) is 0 Å². The molecule has 10 heteroatoms. The molecule has 162 valence electrons. The summed E-state index contributed by atoms with van der Waals surface area (Å²) in [5.74, 6) is -0.00387. The fourth-order valence-electron chi connectivity index (χ4n) is 3.32. The van der Waals surface area contributed by atoms with E-state index in [9.17, 15) is 13.6 Å². The first-order valence-electron chi connectivity index (χ1n) is 9.84. The number of halogens is 3. The van der Waals surface area contributed by atoms with E-state index in [2.05, 4.69) is 34.1 Å². The van der Waals surface area contributed by atoms with Gasteiger partial charge in [-0.3, -0.25) is 14.8 Å². The van der Waals surface area contributed by atoms with Gasteiger partial charge in [-0.05, 0) is 32.1 Å². The first kappa shape index (κ1) is 22.2. The van der Waals surface area contributed by atoms with Gasteiger partial charge in [0.25, 0.3) is 6.43 Å². The van der Waals surface area contributed by atoms with Crippen molar-refractivity contribution in [2.75, 3.05) is 25.0 Å². The van der Waals surface area contributed by atoms with Crippen LogP contribution in [0, 0.1) is 6.92 Å². The van der Waals surface area contributed by atoms with Crippen molar-refractivity contribution in [2.45, 2.75) is 40.3 Å². The number of rotatable bonds is 9. The number of benzene rings is 1. The first-order chi connectivity index (χ1) is 14.3. The van der Waals surface area contributed by atoms with Gasteiger partial charge in [-0.15, -0.1) is 0 Å². The summed E-state index contributed by atoms with van der Waals surface area (Å²) < 4.78 is 29.2. The number of carbonyl (C=O) groups is 1. The number of carbonyl (C=O) groups excluding carboxylic acids is 1. The number of anilines is 1. The summed E-state index contributed by atoms with van der Waals surface area (Å²) in [6, 6.07) is 7.64. The largest absolute Gasteiger partial charge is 0.309 e. The van der Waals surface area contributed by atoms with E-state index in [0.717, 1.165) is 30.7 Å². The summed E-state index contributed by atoms with van der Waals surface area (Å²) in [6.07, 6.45) is -2.80. The lowest BCUT2D eigenvalue weighted by atomic mass is 10.3. The molecule has 3 aromatic rings. The molecule has 0 saturated carbocycles. The van der Waals surface area contributed by atoms with E-state index >= 15 is 0 Å². The Hall–Kier alpha value is -2.52. The highest BCUT2D eigenvalue weighted by Crippen LogP contribution is 2.28. The molecule has 1 aromatic carbocycles. The van der Waals surface area contributed by atoms with Crippen molar-refractivity contribution >= 4 is 34.5 Å². The van der Waals surface area contributed by atoms with E-state index in [1.807, 2.05) is 28.8 Å². The number of hydrogen-bond donors (Lipinski definition) is 1. The average Bonchev–Trinajstić information content (AvgIpc) is 3.20. The van der Waals surface area contributed by atoms with Crippen molar-refractivity contribution in [3.05, 3.63) is 40.7 Å². The third-order valence-electron chi connectivity index (χ3n) is 5.10. The van der Waals surface area contributed by atoms with Crippen LogP contribution < -0.4 is 5.32 Å². The van der Waals surface area contributed by atoms with Gasteiger partial charge in [-0.1, -0.05) is 37.6 Å².